The summed E-state index contributed by atoms with van der Waals surface area (Å²) >= 11 is 6.04. The quantitative estimate of drug-likeness (QED) is 0.842. The van der Waals surface area contributed by atoms with Gasteiger partial charge in [0.1, 0.15) is 0 Å². The van der Waals surface area contributed by atoms with Gasteiger partial charge in [0.2, 0.25) is 5.91 Å². The number of hydrogen-bond acceptors (Lipinski definition) is 3. The van der Waals surface area contributed by atoms with Gasteiger partial charge in [-0.15, -0.1) is 0 Å². The Morgan fingerprint density at radius 3 is 2.52 bits per heavy atom. The molecule has 0 radical (unpaired) electrons. The van der Waals surface area contributed by atoms with Crippen LogP contribution in [0.25, 0.3) is 0 Å². The molecule has 0 aliphatic carbocycles. The number of nitrogens with zero attached hydrogens (tertiary/aromatic N) is 2. The van der Waals surface area contributed by atoms with Gasteiger partial charge < -0.3 is 15.1 Å². The number of nitrogens with one attached hydrogen (secondary N) is 1. The van der Waals surface area contributed by atoms with Crippen LogP contribution in [0.1, 0.15) is 18.5 Å². The topological polar surface area (TPSA) is 35.6 Å². The number of rotatable bonds is 5. The first kappa shape index (κ1) is 19.6. The summed E-state index contributed by atoms with van der Waals surface area (Å²) in [5, 5.41) is 3.78. The summed E-state index contributed by atoms with van der Waals surface area (Å²) in [5.74, 6) is -1.76. The largest absolute Gasteiger partial charge is 0.368 e. The predicted octanol–water partition coefficient (Wildman–Crippen LogP) is 3.62. The molecular weight excluding hydrogens is 372 g/mol. The first-order valence-electron chi connectivity index (χ1n) is 8.90. The van der Waals surface area contributed by atoms with Crippen LogP contribution in [0.5, 0.6) is 0 Å². The molecule has 2 aromatic rings. The Kier molecular flexibility index (Phi) is 6.29. The monoisotopic (exact) mass is 393 g/mol. The maximum absolute atomic E-state index is 13.3. The summed E-state index contributed by atoms with van der Waals surface area (Å²) in [6.45, 7) is 4.71. The fourth-order valence-electron chi connectivity index (χ4n) is 3.14. The number of hydrogen-bond donors (Lipinski definition) is 1. The third kappa shape index (κ3) is 4.96. The molecule has 1 fully saturated rings. The van der Waals surface area contributed by atoms with Crippen LogP contribution in [0.3, 0.4) is 0 Å². The van der Waals surface area contributed by atoms with Gasteiger partial charge in [0.25, 0.3) is 0 Å². The molecule has 0 bridgehead atoms. The molecule has 2 aromatic carbocycles. The van der Waals surface area contributed by atoms with Gasteiger partial charge in [-0.25, -0.2) is 8.78 Å². The van der Waals surface area contributed by atoms with Crippen molar-refractivity contribution in [2.75, 3.05) is 37.6 Å². The van der Waals surface area contributed by atoms with Crippen molar-refractivity contribution in [2.24, 2.45) is 0 Å². The van der Waals surface area contributed by atoms with Crippen LogP contribution >= 0.6 is 11.6 Å². The molecule has 0 spiro atoms. The van der Waals surface area contributed by atoms with E-state index in [1.54, 1.807) is 0 Å². The van der Waals surface area contributed by atoms with Crippen LogP contribution in [0, 0.1) is 11.6 Å². The van der Waals surface area contributed by atoms with Gasteiger partial charge in [0.05, 0.1) is 6.54 Å². The SMILES string of the molecule is C[C@@H](NCC(=O)N1CCN(c2cccc(Cl)c2)CC1)c1ccc(F)c(F)c1. The molecule has 1 heterocycles. The van der Waals surface area contributed by atoms with Crippen molar-refractivity contribution in [2.45, 2.75) is 13.0 Å². The Hall–Kier alpha value is -2.18. The lowest BCUT2D eigenvalue weighted by molar-refractivity contribution is -0.130. The number of anilines is 1. The Morgan fingerprint density at radius 2 is 1.85 bits per heavy atom. The van der Waals surface area contributed by atoms with E-state index in [1.165, 1.54) is 6.07 Å². The van der Waals surface area contributed by atoms with Crippen molar-refractivity contribution < 1.29 is 13.6 Å². The molecular formula is C20H22ClF2N3O. The van der Waals surface area contributed by atoms with Gasteiger partial charge in [-0.3, -0.25) is 4.79 Å². The minimum Gasteiger partial charge on any atom is -0.368 e. The van der Waals surface area contributed by atoms with E-state index in [0.29, 0.717) is 23.7 Å². The number of carbonyl (C=O) groups is 1. The molecule has 1 aliphatic heterocycles. The number of amides is 1. The lowest BCUT2D eigenvalue weighted by Crippen LogP contribution is -2.51. The van der Waals surface area contributed by atoms with Crippen LogP contribution in [0.2, 0.25) is 5.02 Å². The van der Waals surface area contributed by atoms with E-state index in [2.05, 4.69) is 10.2 Å². The van der Waals surface area contributed by atoms with E-state index >= 15 is 0 Å². The minimum atomic E-state index is -0.885. The zero-order chi connectivity index (χ0) is 19.4. The number of carbonyl (C=O) groups excluding carboxylic acids is 1. The molecule has 4 nitrogen and oxygen atoms in total. The molecule has 1 aliphatic rings. The highest BCUT2D eigenvalue weighted by Gasteiger charge is 2.21. The van der Waals surface area contributed by atoms with Gasteiger partial charge in [-0.1, -0.05) is 23.7 Å². The second kappa shape index (κ2) is 8.67. The van der Waals surface area contributed by atoms with E-state index in [-0.39, 0.29) is 18.5 Å². The first-order valence-corrected chi connectivity index (χ1v) is 9.28. The Morgan fingerprint density at radius 1 is 1.11 bits per heavy atom. The zero-order valence-corrected chi connectivity index (χ0v) is 15.8. The van der Waals surface area contributed by atoms with Gasteiger partial charge in [0.15, 0.2) is 11.6 Å². The molecule has 1 saturated heterocycles. The Bertz CT molecular complexity index is 810. The summed E-state index contributed by atoms with van der Waals surface area (Å²) in [7, 11) is 0. The summed E-state index contributed by atoms with van der Waals surface area (Å²) in [6, 6.07) is 11.2. The summed E-state index contributed by atoms with van der Waals surface area (Å²) < 4.78 is 26.4. The Labute approximate surface area is 162 Å². The van der Waals surface area contributed by atoms with E-state index in [1.807, 2.05) is 36.1 Å². The summed E-state index contributed by atoms with van der Waals surface area (Å²) in [5.41, 5.74) is 1.66. The molecule has 7 heteroatoms. The second-order valence-electron chi connectivity index (χ2n) is 6.62. The molecule has 1 amide bonds. The normalized spacial score (nSPS) is 15.7. The van der Waals surface area contributed by atoms with Crippen LogP contribution in [0.4, 0.5) is 14.5 Å². The van der Waals surface area contributed by atoms with Crippen molar-refractivity contribution in [1.29, 1.82) is 0 Å². The molecule has 0 aromatic heterocycles. The van der Waals surface area contributed by atoms with Crippen LogP contribution in [0.15, 0.2) is 42.5 Å². The maximum Gasteiger partial charge on any atom is 0.236 e. The van der Waals surface area contributed by atoms with Crippen molar-refractivity contribution in [3.63, 3.8) is 0 Å². The molecule has 1 atom stereocenters. The van der Waals surface area contributed by atoms with Crippen molar-refractivity contribution >= 4 is 23.2 Å². The minimum absolute atomic E-state index is 0.00447. The highest BCUT2D eigenvalue weighted by Crippen LogP contribution is 2.21. The fourth-order valence-corrected chi connectivity index (χ4v) is 3.32. The van der Waals surface area contributed by atoms with Gasteiger partial charge in [0, 0.05) is 42.9 Å². The fraction of sp³-hybridized carbons (Fsp3) is 0.350. The van der Waals surface area contributed by atoms with Gasteiger partial charge in [-0.05, 0) is 42.8 Å². The average molecular weight is 394 g/mol. The smallest absolute Gasteiger partial charge is 0.236 e. The third-order valence-corrected chi connectivity index (χ3v) is 5.04. The van der Waals surface area contributed by atoms with E-state index in [9.17, 15) is 13.6 Å². The van der Waals surface area contributed by atoms with Crippen LogP contribution in [-0.2, 0) is 4.79 Å². The van der Waals surface area contributed by atoms with Crippen LogP contribution < -0.4 is 10.2 Å². The third-order valence-electron chi connectivity index (χ3n) is 4.81. The predicted molar refractivity (Wildman–Crippen MR) is 103 cm³/mol. The number of piperazine rings is 1. The summed E-state index contributed by atoms with van der Waals surface area (Å²) in [6.07, 6.45) is 0. The lowest BCUT2D eigenvalue weighted by atomic mass is 10.1. The molecule has 3 rings (SSSR count). The van der Waals surface area contributed by atoms with E-state index < -0.39 is 11.6 Å². The molecule has 0 unspecified atom stereocenters. The average Bonchev–Trinajstić information content (AvgIpc) is 2.68. The molecule has 27 heavy (non-hydrogen) atoms. The highest BCUT2D eigenvalue weighted by atomic mass is 35.5. The van der Waals surface area contributed by atoms with E-state index in [4.69, 9.17) is 11.6 Å². The van der Waals surface area contributed by atoms with Crippen molar-refractivity contribution in [3.05, 3.63) is 64.7 Å². The van der Waals surface area contributed by atoms with E-state index in [0.717, 1.165) is 30.9 Å². The van der Waals surface area contributed by atoms with Crippen LogP contribution in [-0.4, -0.2) is 43.5 Å². The lowest BCUT2D eigenvalue weighted by Gasteiger charge is -2.36. The summed E-state index contributed by atoms with van der Waals surface area (Å²) in [4.78, 5) is 16.5. The number of benzene rings is 2. The zero-order valence-electron chi connectivity index (χ0n) is 15.1. The van der Waals surface area contributed by atoms with Gasteiger partial charge in [-0.2, -0.15) is 0 Å². The highest BCUT2D eigenvalue weighted by molar-refractivity contribution is 6.30. The molecule has 1 N–H and O–H groups in total. The number of halogens is 3. The molecule has 144 valence electrons. The Balaban J connectivity index is 1.48. The standard InChI is InChI=1S/C20H22ClF2N3O/c1-14(15-5-6-18(22)19(23)11-15)24-13-20(27)26-9-7-25(8-10-26)17-4-2-3-16(21)12-17/h2-6,11-12,14,24H,7-10,13H2,1H3/t14-/m1/s1. The first-order chi connectivity index (χ1) is 12.9. The molecule has 0 saturated carbocycles. The maximum atomic E-state index is 13.3. The van der Waals surface area contributed by atoms with Crippen molar-refractivity contribution in [1.82, 2.24) is 10.2 Å². The van der Waals surface area contributed by atoms with Gasteiger partial charge >= 0.3 is 0 Å². The van der Waals surface area contributed by atoms with Crippen molar-refractivity contribution in [3.8, 4) is 0 Å². The second-order valence-corrected chi connectivity index (χ2v) is 7.06.